The third-order valence-corrected chi connectivity index (χ3v) is 5.89. The molecule has 3 heterocycles. The second kappa shape index (κ2) is 7.18. The van der Waals surface area contributed by atoms with Crippen molar-refractivity contribution in [3.05, 3.63) is 0 Å². The first kappa shape index (κ1) is 16.7. The molecular formula is C17H29N3O3. The van der Waals surface area contributed by atoms with Gasteiger partial charge in [-0.25, -0.2) is 0 Å². The molecule has 6 nitrogen and oxygen atoms in total. The number of nitrogens with two attached hydrogens (primary N) is 1. The van der Waals surface area contributed by atoms with E-state index in [0.717, 1.165) is 58.0 Å². The molecule has 1 atom stereocenters. The minimum atomic E-state index is -0.411. The summed E-state index contributed by atoms with van der Waals surface area (Å²) in [5.74, 6) is 0.411. The number of nitrogens with zero attached hydrogens (tertiary/aromatic N) is 2. The van der Waals surface area contributed by atoms with Crippen LogP contribution in [-0.4, -0.2) is 67.6 Å². The van der Waals surface area contributed by atoms with E-state index >= 15 is 0 Å². The number of hydrogen-bond acceptors (Lipinski definition) is 4. The zero-order valence-electron chi connectivity index (χ0n) is 14.0. The van der Waals surface area contributed by atoms with E-state index in [0.29, 0.717) is 13.0 Å². The third-order valence-electron chi connectivity index (χ3n) is 5.89. The van der Waals surface area contributed by atoms with Crippen LogP contribution in [-0.2, 0) is 14.3 Å². The Labute approximate surface area is 138 Å². The molecule has 3 rings (SSSR count). The summed E-state index contributed by atoms with van der Waals surface area (Å²) in [6.45, 7) is 6.01. The van der Waals surface area contributed by atoms with Crippen LogP contribution in [0.15, 0.2) is 0 Å². The molecule has 3 aliphatic heterocycles. The van der Waals surface area contributed by atoms with E-state index in [9.17, 15) is 9.59 Å². The van der Waals surface area contributed by atoms with Crippen LogP contribution < -0.4 is 5.73 Å². The van der Waals surface area contributed by atoms with Crippen LogP contribution in [0.4, 0.5) is 0 Å². The van der Waals surface area contributed by atoms with Crippen molar-refractivity contribution in [2.24, 2.45) is 17.1 Å². The van der Waals surface area contributed by atoms with Gasteiger partial charge in [-0.1, -0.05) is 0 Å². The average molecular weight is 323 g/mol. The van der Waals surface area contributed by atoms with Crippen molar-refractivity contribution in [1.29, 1.82) is 0 Å². The lowest BCUT2D eigenvalue weighted by Crippen LogP contribution is -2.53. The topological polar surface area (TPSA) is 75.9 Å². The Morgan fingerprint density at radius 3 is 2.74 bits per heavy atom. The molecule has 0 aliphatic carbocycles. The first-order valence-corrected chi connectivity index (χ1v) is 8.93. The summed E-state index contributed by atoms with van der Waals surface area (Å²) in [7, 11) is 0. The fourth-order valence-corrected chi connectivity index (χ4v) is 4.27. The second-order valence-electron chi connectivity index (χ2n) is 7.58. The number of rotatable bonds is 5. The molecule has 0 saturated carbocycles. The number of primary amides is 1. The van der Waals surface area contributed by atoms with E-state index in [1.807, 2.05) is 0 Å². The molecule has 2 amide bonds. The van der Waals surface area contributed by atoms with Crippen LogP contribution in [0.25, 0.3) is 0 Å². The van der Waals surface area contributed by atoms with Gasteiger partial charge in [0.05, 0.1) is 6.54 Å². The molecule has 1 spiro atoms. The van der Waals surface area contributed by atoms with Crippen molar-refractivity contribution >= 4 is 11.8 Å². The van der Waals surface area contributed by atoms with Crippen LogP contribution in [0, 0.1) is 11.3 Å². The number of carbonyl (C=O) groups is 2. The molecule has 130 valence electrons. The lowest BCUT2D eigenvalue weighted by molar-refractivity contribution is -0.142. The van der Waals surface area contributed by atoms with Gasteiger partial charge in [-0.3, -0.25) is 9.59 Å². The van der Waals surface area contributed by atoms with Crippen LogP contribution in [0.3, 0.4) is 0 Å². The van der Waals surface area contributed by atoms with Crippen LogP contribution in [0.2, 0.25) is 0 Å². The highest BCUT2D eigenvalue weighted by Crippen LogP contribution is 2.40. The van der Waals surface area contributed by atoms with Crippen molar-refractivity contribution < 1.29 is 14.3 Å². The van der Waals surface area contributed by atoms with E-state index in [4.69, 9.17) is 10.5 Å². The number of amides is 2. The predicted molar refractivity (Wildman–Crippen MR) is 86.7 cm³/mol. The van der Waals surface area contributed by atoms with Gasteiger partial charge in [0.25, 0.3) is 0 Å². The monoisotopic (exact) mass is 323 g/mol. The Kier molecular flexibility index (Phi) is 5.21. The number of hydrogen-bond donors (Lipinski definition) is 1. The van der Waals surface area contributed by atoms with Gasteiger partial charge < -0.3 is 20.3 Å². The summed E-state index contributed by atoms with van der Waals surface area (Å²) in [6, 6.07) is 0. The van der Waals surface area contributed by atoms with E-state index in [1.165, 1.54) is 12.8 Å². The summed E-state index contributed by atoms with van der Waals surface area (Å²) < 4.78 is 5.45. The third kappa shape index (κ3) is 4.23. The maximum Gasteiger partial charge on any atom is 0.237 e. The normalized spacial score (nSPS) is 28.4. The van der Waals surface area contributed by atoms with Crippen LogP contribution >= 0.6 is 0 Å². The van der Waals surface area contributed by atoms with Crippen LogP contribution in [0.5, 0.6) is 0 Å². The number of ether oxygens (including phenoxy) is 1. The lowest BCUT2D eigenvalue weighted by Gasteiger charge is -2.47. The minimum Gasteiger partial charge on any atom is -0.381 e. The quantitative estimate of drug-likeness (QED) is 0.804. The van der Waals surface area contributed by atoms with Crippen molar-refractivity contribution in [1.82, 2.24) is 9.80 Å². The second-order valence-corrected chi connectivity index (χ2v) is 7.58. The molecule has 0 radical (unpaired) electrons. The SMILES string of the molecule is NC(=O)CN1CC2(CCC1=O)CCN(CC[C@@H]1CCOC1)CC2. The average Bonchev–Trinajstić information content (AvgIpc) is 3.04. The fourth-order valence-electron chi connectivity index (χ4n) is 4.27. The van der Waals surface area contributed by atoms with Crippen molar-refractivity contribution in [2.75, 3.05) is 45.9 Å². The summed E-state index contributed by atoms with van der Waals surface area (Å²) in [5, 5.41) is 0. The Morgan fingerprint density at radius 2 is 2.09 bits per heavy atom. The smallest absolute Gasteiger partial charge is 0.237 e. The minimum absolute atomic E-state index is 0.0754. The summed E-state index contributed by atoms with van der Waals surface area (Å²) in [6.07, 6.45) is 6.22. The van der Waals surface area contributed by atoms with E-state index in [2.05, 4.69) is 4.90 Å². The van der Waals surface area contributed by atoms with E-state index < -0.39 is 5.91 Å². The number of carbonyl (C=O) groups excluding carboxylic acids is 2. The molecule has 0 aromatic carbocycles. The first-order chi connectivity index (χ1) is 11.1. The van der Waals surface area contributed by atoms with E-state index in [1.54, 1.807) is 4.90 Å². The van der Waals surface area contributed by atoms with Crippen LogP contribution in [0.1, 0.15) is 38.5 Å². The van der Waals surface area contributed by atoms with E-state index in [-0.39, 0.29) is 17.9 Å². The molecule has 0 aromatic heterocycles. The van der Waals surface area contributed by atoms with Gasteiger partial charge in [-0.2, -0.15) is 0 Å². The van der Waals surface area contributed by atoms with Crippen molar-refractivity contribution in [2.45, 2.75) is 38.5 Å². The van der Waals surface area contributed by atoms with Gasteiger partial charge in [0.2, 0.25) is 11.8 Å². The Morgan fingerprint density at radius 1 is 1.30 bits per heavy atom. The molecule has 2 N–H and O–H groups in total. The maximum absolute atomic E-state index is 12.0. The molecule has 0 aromatic rings. The molecule has 3 fully saturated rings. The van der Waals surface area contributed by atoms with Crippen molar-refractivity contribution in [3.8, 4) is 0 Å². The Balaban J connectivity index is 1.46. The molecule has 3 aliphatic rings. The summed E-state index contributed by atoms with van der Waals surface area (Å²) in [5.41, 5.74) is 5.48. The number of likely N-dealkylation sites (tertiary alicyclic amines) is 2. The summed E-state index contributed by atoms with van der Waals surface area (Å²) in [4.78, 5) is 27.4. The highest BCUT2D eigenvalue weighted by Gasteiger charge is 2.41. The number of piperidine rings is 2. The summed E-state index contributed by atoms with van der Waals surface area (Å²) >= 11 is 0. The molecule has 3 saturated heterocycles. The van der Waals surface area contributed by atoms with Gasteiger partial charge in [0, 0.05) is 26.2 Å². The molecule has 23 heavy (non-hydrogen) atoms. The highest BCUT2D eigenvalue weighted by molar-refractivity contribution is 5.84. The highest BCUT2D eigenvalue weighted by atomic mass is 16.5. The standard InChI is InChI=1S/C17H29N3O3/c18-15(21)11-20-13-17(4-1-16(20)22)5-8-19(9-6-17)7-2-14-3-10-23-12-14/h14H,1-13H2,(H2,18,21)/t14-/m1/s1. The van der Waals surface area contributed by atoms with Crippen molar-refractivity contribution in [3.63, 3.8) is 0 Å². The Bertz CT molecular complexity index is 440. The zero-order valence-corrected chi connectivity index (χ0v) is 14.0. The van der Waals surface area contributed by atoms with Gasteiger partial charge in [0.15, 0.2) is 0 Å². The predicted octanol–water partition coefficient (Wildman–Crippen LogP) is 0.603. The van der Waals surface area contributed by atoms with Gasteiger partial charge >= 0.3 is 0 Å². The molecule has 6 heteroatoms. The molecule has 0 bridgehead atoms. The zero-order chi connectivity index (χ0) is 16.3. The Hall–Kier alpha value is -1.14. The van der Waals surface area contributed by atoms with Gasteiger partial charge in [-0.15, -0.1) is 0 Å². The lowest BCUT2D eigenvalue weighted by atomic mass is 9.72. The molecular weight excluding hydrogens is 294 g/mol. The first-order valence-electron chi connectivity index (χ1n) is 8.93. The molecule has 0 unspecified atom stereocenters. The largest absolute Gasteiger partial charge is 0.381 e. The van der Waals surface area contributed by atoms with Gasteiger partial charge in [0.1, 0.15) is 0 Å². The fraction of sp³-hybridized carbons (Fsp3) is 0.882. The maximum atomic E-state index is 12.0. The van der Waals surface area contributed by atoms with Gasteiger partial charge in [-0.05, 0) is 63.1 Å².